The molecule has 0 spiro atoms. The monoisotopic (exact) mass is 169 g/mol. The van der Waals surface area contributed by atoms with Gasteiger partial charge in [0.1, 0.15) is 6.29 Å². The van der Waals surface area contributed by atoms with Gasteiger partial charge in [-0.05, 0) is 40.5 Å². The predicted molar refractivity (Wildman–Crippen MR) is 50.1 cm³/mol. The molecule has 1 saturated heterocycles. The summed E-state index contributed by atoms with van der Waals surface area (Å²) in [5, 5.41) is 3.54. The predicted octanol–water partition coefficient (Wildman–Crippen LogP) is 1.74. The van der Waals surface area contributed by atoms with Crippen molar-refractivity contribution in [2.24, 2.45) is 5.92 Å². The van der Waals surface area contributed by atoms with E-state index in [2.05, 4.69) is 33.0 Å². The van der Waals surface area contributed by atoms with Crippen LogP contribution in [0.3, 0.4) is 0 Å². The summed E-state index contributed by atoms with van der Waals surface area (Å²) in [5.74, 6) is 0.233. The molecule has 0 radical (unpaired) electrons. The molecular formula is C10H19NO. The third-order valence-corrected chi connectivity index (χ3v) is 2.41. The Morgan fingerprint density at radius 3 is 1.92 bits per heavy atom. The van der Waals surface area contributed by atoms with Gasteiger partial charge < -0.3 is 10.1 Å². The molecule has 2 heteroatoms. The molecule has 1 fully saturated rings. The van der Waals surface area contributed by atoms with E-state index >= 15 is 0 Å². The summed E-state index contributed by atoms with van der Waals surface area (Å²) < 4.78 is 0. The molecule has 1 heterocycles. The SMILES string of the molecule is CC1(C)CC(C=O)CC(C)(C)N1. The zero-order chi connectivity index (χ0) is 9.41. The van der Waals surface area contributed by atoms with Crippen LogP contribution in [-0.2, 0) is 4.79 Å². The van der Waals surface area contributed by atoms with Gasteiger partial charge in [-0.3, -0.25) is 0 Å². The number of carbonyl (C=O) groups is 1. The highest BCUT2D eigenvalue weighted by Gasteiger charge is 2.37. The summed E-state index contributed by atoms with van der Waals surface area (Å²) in [6.07, 6.45) is 3.02. The van der Waals surface area contributed by atoms with Crippen LogP contribution >= 0.6 is 0 Å². The van der Waals surface area contributed by atoms with Gasteiger partial charge in [-0.25, -0.2) is 0 Å². The van der Waals surface area contributed by atoms with Crippen LogP contribution in [0.4, 0.5) is 0 Å². The molecule has 1 aliphatic rings. The smallest absolute Gasteiger partial charge is 0.123 e. The van der Waals surface area contributed by atoms with E-state index in [0.717, 1.165) is 19.1 Å². The number of hydrogen-bond acceptors (Lipinski definition) is 2. The van der Waals surface area contributed by atoms with Gasteiger partial charge in [-0.2, -0.15) is 0 Å². The summed E-state index contributed by atoms with van der Waals surface area (Å²) in [6, 6.07) is 0. The van der Waals surface area contributed by atoms with Crippen molar-refractivity contribution in [1.29, 1.82) is 0 Å². The largest absolute Gasteiger partial charge is 0.307 e. The second-order valence-corrected chi connectivity index (χ2v) is 5.20. The van der Waals surface area contributed by atoms with E-state index in [4.69, 9.17) is 0 Å². The van der Waals surface area contributed by atoms with Gasteiger partial charge in [0.2, 0.25) is 0 Å². The van der Waals surface area contributed by atoms with Crippen LogP contribution in [0.25, 0.3) is 0 Å². The summed E-state index contributed by atoms with van der Waals surface area (Å²) in [5.41, 5.74) is 0.209. The average molecular weight is 169 g/mol. The van der Waals surface area contributed by atoms with Gasteiger partial charge in [0.05, 0.1) is 0 Å². The molecule has 1 rings (SSSR count). The number of aldehydes is 1. The standard InChI is InChI=1S/C10H19NO/c1-9(2)5-8(7-12)6-10(3,4)11-9/h7-8,11H,5-6H2,1-4H3. The van der Waals surface area contributed by atoms with E-state index in [1.807, 2.05) is 0 Å². The van der Waals surface area contributed by atoms with Crippen LogP contribution in [0.5, 0.6) is 0 Å². The van der Waals surface area contributed by atoms with Crippen LogP contribution in [-0.4, -0.2) is 17.4 Å². The Kier molecular flexibility index (Phi) is 2.30. The van der Waals surface area contributed by atoms with Crippen LogP contribution in [0, 0.1) is 5.92 Å². The van der Waals surface area contributed by atoms with Gasteiger partial charge in [-0.15, -0.1) is 0 Å². The van der Waals surface area contributed by atoms with Crippen molar-refractivity contribution in [3.8, 4) is 0 Å². The van der Waals surface area contributed by atoms with E-state index < -0.39 is 0 Å². The van der Waals surface area contributed by atoms with Gasteiger partial charge in [0.15, 0.2) is 0 Å². The minimum absolute atomic E-state index is 0.104. The Balaban J connectivity index is 2.72. The second-order valence-electron chi connectivity index (χ2n) is 5.20. The Morgan fingerprint density at radius 1 is 1.17 bits per heavy atom. The summed E-state index contributed by atoms with van der Waals surface area (Å²) in [7, 11) is 0. The molecule has 70 valence electrons. The second kappa shape index (κ2) is 2.84. The van der Waals surface area contributed by atoms with E-state index in [1.54, 1.807) is 0 Å². The maximum absolute atomic E-state index is 10.7. The van der Waals surface area contributed by atoms with Crippen molar-refractivity contribution in [1.82, 2.24) is 5.32 Å². The highest BCUT2D eigenvalue weighted by atomic mass is 16.1. The zero-order valence-corrected chi connectivity index (χ0v) is 8.48. The first kappa shape index (κ1) is 9.72. The highest BCUT2D eigenvalue weighted by molar-refractivity contribution is 5.54. The van der Waals surface area contributed by atoms with Crippen molar-refractivity contribution in [3.05, 3.63) is 0 Å². The van der Waals surface area contributed by atoms with Crippen LogP contribution in [0.1, 0.15) is 40.5 Å². The molecule has 0 aliphatic carbocycles. The first-order valence-electron chi connectivity index (χ1n) is 4.59. The molecule has 0 aromatic rings. The van der Waals surface area contributed by atoms with Crippen LogP contribution in [0.15, 0.2) is 0 Å². The van der Waals surface area contributed by atoms with Crippen LogP contribution in [0.2, 0.25) is 0 Å². The van der Waals surface area contributed by atoms with Crippen molar-refractivity contribution in [2.75, 3.05) is 0 Å². The van der Waals surface area contributed by atoms with E-state index in [-0.39, 0.29) is 17.0 Å². The minimum atomic E-state index is 0.104. The molecular weight excluding hydrogens is 150 g/mol. The lowest BCUT2D eigenvalue weighted by atomic mass is 9.77. The van der Waals surface area contributed by atoms with E-state index in [0.29, 0.717) is 0 Å². The Labute approximate surface area is 74.7 Å². The number of piperidine rings is 1. The maximum atomic E-state index is 10.7. The molecule has 0 aromatic heterocycles. The van der Waals surface area contributed by atoms with Crippen molar-refractivity contribution in [2.45, 2.75) is 51.6 Å². The molecule has 0 amide bonds. The summed E-state index contributed by atoms with van der Waals surface area (Å²) >= 11 is 0. The molecule has 0 atom stereocenters. The molecule has 0 unspecified atom stereocenters. The highest BCUT2D eigenvalue weighted by Crippen LogP contribution is 2.31. The number of hydrogen-bond donors (Lipinski definition) is 1. The van der Waals surface area contributed by atoms with Gasteiger partial charge in [-0.1, -0.05) is 0 Å². The van der Waals surface area contributed by atoms with Crippen molar-refractivity contribution in [3.63, 3.8) is 0 Å². The molecule has 12 heavy (non-hydrogen) atoms. The quantitative estimate of drug-likeness (QED) is 0.606. The number of nitrogens with one attached hydrogen (secondary N) is 1. The summed E-state index contributed by atoms with van der Waals surface area (Å²) in [6.45, 7) is 8.63. The van der Waals surface area contributed by atoms with Gasteiger partial charge in [0, 0.05) is 17.0 Å². The molecule has 2 nitrogen and oxygen atoms in total. The zero-order valence-electron chi connectivity index (χ0n) is 8.48. The summed E-state index contributed by atoms with van der Waals surface area (Å²) in [4.78, 5) is 10.7. The normalized spacial score (nSPS) is 28.3. The van der Waals surface area contributed by atoms with Gasteiger partial charge in [0.25, 0.3) is 0 Å². The molecule has 0 aromatic carbocycles. The van der Waals surface area contributed by atoms with E-state index in [1.165, 1.54) is 0 Å². The molecule has 0 saturated carbocycles. The number of rotatable bonds is 1. The lowest BCUT2D eigenvalue weighted by molar-refractivity contribution is -0.113. The molecule has 0 bridgehead atoms. The Morgan fingerprint density at radius 2 is 1.58 bits per heavy atom. The fraction of sp³-hybridized carbons (Fsp3) is 0.900. The fourth-order valence-corrected chi connectivity index (χ4v) is 2.50. The third-order valence-electron chi connectivity index (χ3n) is 2.41. The Bertz CT molecular complexity index is 168. The minimum Gasteiger partial charge on any atom is -0.307 e. The van der Waals surface area contributed by atoms with Crippen LogP contribution < -0.4 is 5.32 Å². The lowest BCUT2D eigenvalue weighted by Gasteiger charge is -2.45. The third kappa shape index (κ3) is 2.31. The van der Waals surface area contributed by atoms with Gasteiger partial charge >= 0.3 is 0 Å². The number of carbonyl (C=O) groups excluding carboxylic acids is 1. The van der Waals surface area contributed by atoms with Crippen molar-refractivity contribution < 1.29 is 4.79 Å². The fourth-order valence-electron chi connectivity index (χ4n) is 2.50. The van der Waals surface area contributed by atoms with Crippen molar-refractivity contribution >= 4 is 6.29 Å². The first-order chi connectivity index (χ1) is 5.35. The Hall–Kier alpha value is -0.370. The van der Waals surface area contributed by atoms with E-state index in [9.17, 15) is 4.79 Å². The maximum Gasteiger partial charge on any atom is 0.123 e. The lowest BCUT2D eigenvalue weighted by Crippen LogP contribution is -2.58. The average Bonchev–Trinajstić information content (AvgIpc) is 1.80. The molecule has 1 N–H and O–H groups in total. The first-order valence-corrected chi connectivity index (χ1v) is 4.59. The topological polar surface area (TPSA) is 29.1 Å². The molecule has 1 aliphatic heterocycles.